The van der Waals surface area contributed by atoms with E-state index in [1.54, 1.807) is 0 Å². The number of rotatable bonds is 5. The number of likely N-dealkylation sites (tertiary alicyclic amines) is 1. The molecule has 17 heavy (non-hydrogen) atoms. The van der Waals surface area contributed by atoms with Gasteiger partial charge in [-0.2, -0.15) is 0 Å². The summed E-state index contributed by atoms with van der Waals surface area (Å²) in [5.41, 5.74) is 0. The van der Waals surface area contributed by atoms with Gasteiger partial charge in [0.1, 0.15) is 0 Å². The largest absolute Gasteiger partial charge is 0.314 e. The first-order valence-corrected chi connectivity index (χ1v) is 8.39. The van der Waals surface area contributed by atoms with Gasteiger partial charge in [-0.05, 0) is 39.3 Å². The number of nitrogens with one attached hydrogen (secondary N) is 1. The van der Waals surface area contributed by atoms with E-state index < -0.39 is 10.8 Å². The van der Waals surface area contributed by atoms with Crippen molar-refractivity contribution in [1.82, 2.24) is 10.2 Å². The molecule has 0 aliphatic carbocycles. The second-order valence-electron chi connectivity index (χ2n) is 5.36. The van der Waals surface area contributed by atoms with Crippen molar-refractivity contribution in [2.45, 2.75) is 51.4 Å². The Hall–Kier alpha value is 0.0700. The first-order chi connectivity index (χ1) is 7.97. The fourth-order valence-electron chi connectivity index (χ4n) is 2.68. The molecule has 102 valence electrons. The normalized spacial score (nSPS) is 34.5. The van der Waals surface area contributed by atoms with Gasteiger partial charge in [0.25, 0.3) is 0 Å². The molecule has 0 aromatic rings. The van der Waals surface area contributed by atoms with Crippen LogP contribution in [-0.4, -0.2) is 52.3 Å². The van der Waals surface area contributed by atoms with Gasteiger partial charge in [-0.25, -0.2) is 0 Å². The van der Waals surface area contributed by atoms with Gasteiger partial charge >= 0.3 is 0 Å². The molecule has 0 radical (unpaired) electrons. The van der Waals surface area contributed by atoms with Gasteiger partial charge in [0.2, 0.25) is 0 Å². The molecule has 0 amide bonds. The summed E-state index contributed by atoms with van der Waals surface area (Å²) in [5.74, 6) is 0.668. The summed E-state index contributed by atoms with van der Waals surface area (Å²) in [6.45, 7) is 12.0. The lowest BCUT2D eigenvalue weighted by atomic mass is 9.87. The van der Waals surface area contributed by atoms with Crippen LogP contribution in [0.1, 0.15) is 34.1 Å². The molecule has 0 aromatic carbocycles. The van der Waals surface area contributed by atoms with Crippen molar-refractivity contribution in [3.63, 3.8) is 0 Å². The maximum absolute atomic E-state index is 11.4. The fourth-order valence-corrected chi connectivity index (χ4v) is 3.08. The molecule has 0 aromatic heterocycles. The van der Waals surface area contributed by atoms with Crippen molar-refractivity contribution in [3.8, 4) is 0 Å². The van der Waals surface area contributed by atoms with Crippen molar-refractivity contribution < 1.29 is 4.21 Å². The van der Waals surface area contributed by atoms with E-state index in [-0.39, 0.29) is 5.25 Å². The molecule has 1 heterocycles. The number of piperidine rings is 1. The highest BCUT2D eigenvalue weighted by Crippen LogP contribution is 2.24. The second kappa shape index (κ2) is 6.86. The van der Waals surface area contributed by atoms with Crippen LogP contribution < -0.4 is 5.32 Å². The Morgan fingerprint density at radius 3 is 2.65 bits per heavy atom. The Kier molecular flexibility index (Phi) is 6.10. The number of nitrogens with zero attached hydrogens (tertiary/aromatic N) is 1. The second-order valence-corrected chi connectivity index (χ2v) is 7.16. The Bertz CT molecular complexity index is 260. The molecule has 4 heteroatoms. The zero-order valence-electron chi connectivity index (χ0n) is 11.9. The summed E-state index contributed by atoms with van der Waals surface area (Å²) < 4.78 is 11.4. The molecule has 3 nitrogen and oxygen atoms in total. The fraction of sp³-hybridized carbons (Fsp3) is 1.00. The molecule has 1 aliphatic heterocycles. The Morgan fingerprint density at radius 2 is 2.12 bits per heavy atom. The summed E-state index contributed by atoms with van der Waals surface area (Å²) in [6, 6.07) is 1.23. The van der Waals surface area contributed by atoms with Crippen LogP contribution in [-0.2, 0) is 10.8 Å². The third-order valence-electron chi connectivity index (χ3n) is 4.22. The molecule has 0 bridgehead atoms. The molecule has 1 fully saturated rings. The summed E-state index contributed by atoms with van der Waals surface area (Å²) in [4.78, 5) is 2.50. The van der Waals surface area contributed by atoms with Crippen LogP contribution in [0.5, 0.6) is 0 Å². The summed E-state index contributed by atoms with van der Waals surface area (Å²) >= 11 is 0. The third kappa shape index (κ3) is 4.04. The van der Waals surface area contributed by atoms with Crippen molar-refractivity contribution >= 4 is 10.8 Å². The van der Waals surface area contributed by atoms with E-state index in [1.165, 1.54) is 6.42 Å². The van der Waals surface area contributed by atoms with E-state index in [2.05, 4.69) is 37.9 Å². The molecule has 1 saturated heterocycles. The molecule has 1 N–H and O–H groups in total. The zero-order valence-corrected chi connectivity index (χ0v) is 12.7. The van der Waals surface area contributed by atoms with E-state index >= 15 is 0 Å². The smallest absolute Gasteiger partial charge is 0.0444 e. The summed E-state index contributed by atoms with van der Waals surface area (Å²) in [5, 5.41) is 3.85. The SMILES string of the molecule is CCNC1CCN(CC(C)S(C)=O)C(C)C1C. The van der Waals surface area contributed by atoms with Gasteiger partial charge in [-0.3, -0.25) is 9.11 Å². The van der Waals surface area contributed by atoms with E-state index in [9.17, 15) is 4.21 Å². The third-order valence-corrected chi connectivity index (χ3v) is 5.51. The zero-order chi connectivity index (χ0) is 13.0. The average molecular weight is 260 g/mol. The standard InChI is InChI=1S/C13H28N2OS/c1-6-14-13-7-8-15(12(4)11(13)3)9-10(2)17(5)16/h10-14H,6-9H2,1-5H3. The Morgan fingerprint density at radius 1 is 1.47 bits per heavy atom. The van der Waals surface area contributed by atoms with Crippen molar-refractivity contribution in [2.75, 3.05) is 25.9 Å². The molecule has 0 saturated carbocycles. The van der Waals surface area contributed by atoms with Gasteiger partial charge in [0.15, 0.2) is 0 Å². The molecule has 1 rings (SSSR count). The minimum Gasteiger partial charge on any atom is -0.314 e. The summed E-state index contributed by atoms with van der Waals surface area (Å²) in [6.07, 6.45) is 3.02. The van der Waals surface area contributed by atoms with Gasteiger partial charge in [-0.15, -0.1) is 0 Å². The lowest BCUT2D eigenvalue weighted by Gasteiger charge is -2.43. The van der Waals surface area contributed by atoms with E-state index in [0.717, 1.165) is 19.6 Å². The predicted molar refractivity (Wildman–Crippen MR) is 75.8 cm³/mol. The topological polar surface area (TPSA) is 32.3 Å². The van der Waals surface area contributed by atoms with E-state index in [0.29, 0.717) is 18.0 Å². The van der Waals surface area contributed by atoms with Gasteiger partial charge in [0.05, 0.1) is 0 Å². The van der Waals surface area contributed by atoms with Crippen molar-refractivity contribution in [2.24, 2.45) is 5.92 Å². The average Bonchev–Trinajstić information content (AvgIpc) is 2.28. The molecule has 1 aliphatic rings. The van der Waals surface area contributed by atoms with Gasteiger partial charge in [-0.1, -0.05) is 13.8 Å². The first kappa shape index (κ1) is 15.1. The minimum absolute atomic E-state index is 0.278. The predicted octanol–water partition coefficient (Wildman–Crippen LogP) is 1.46. The maximum Gasteiger partial charge on any atom is 0.0444 e. The maximum atomic E-state index is 11.4. The molecule has 5 atom stereocenters. The first-order valence-electron chi connectivity index (χ1n) is 6.77. The Labute approximate surface area is 109 Å². The lowest BCUT2D eigenvalue weighted by Crippen LogP contribution is -2.54. The highest BCUT2D eigenvalue weighted by atomic mass is 32.2. The highest BCUT2D eigenvalue weighted by molar-refractivity contribution is 7.84. The van der Waals surface area contributed by atoms with Crippen LogP contribution >= 0.6 is 0 Å². The molecule has 0 spiro atoms. The Balaban J connectivity index is 2.53. The quantitative estimate of drug-likeness (QED) is 0.812. The van der Waals surface area contributed by atoms with E-state index in [4.69, 9.17) is 0 Å². The van der Waals surface area contributed by atoms with Crippen molar-refractivity contribution in [3.05, 3.63) is 0 Å². The monoisotopic (exact) mass is 260 g/mol. The summed E-state index contributed by atoms with van der Waals surface area (Å²) in [7, 11) is -0.708. The number of hydrogen-bond donors (Lipinski definition) is 1. The molecule has 5 unspecified atom stereocenters. The van der Waals surface area contributed by atoms with Gasteiger partial charge < -0.3 is 5.32 Å². The van der Waals surface area contributed by atoms with Crippen LogP contribution in [0.15, 0.2) is 0 Å². The minimum atomic E-state index is -0.708. The number of hydrogen-bond acceptors (Lipinski definition) is 3. The van der Waals surface area contributed by atoms with Crippen LogP contribution in [0.4, 0.5) is 0 Å². The van der Waals surface area contributed by atoms with E-state index in [1.807, 2.05) is 6.26 Å². The van der Waals surface area contributed by atoms with Crippen LogP contribution in [0.2, 0.25) is 0 Å². The van der Waals surface area contributed by atoms with Crippen LogP contribution in [0.3, 0.4) is 0 Å². The highest BCUT2D eigenvalue weighted by Gasteiger charge is 2.32. The van der Waals surface area contributed by atoms with Crippen LogP contribution in [0, 0.1) is 5.92 Å². The lowest BCUT2D eigenvalue weighted by molar-refractivity contribution is 0.0868. The molecular weight excluding hydrogens is 232 g/mol. The van der Waals surface area contributed by atoms with Crippen LogP contribution in [0.25, 0.3) is 0 Å². The van der Waals surface area contributed by atoms with Crippen molar-refractivity contribution in [1.29, 1.82) is 0 Å². The van der Waals surface area contributed by atoms with Gasteiger partial charge in [0, 0.05) is 40.9 Å². The molecular formula is C13H28N2OS.